The summed E-state index contributed by atoms with van der Waals surface area (Å²) in [4.78, 5) is 0. The summed E-state index contributed by atoms with van der Waals surface area (Å²) >= 11 is 0. The van der Waals surface area contributed by atoms with E-state index < -0.39 is 23.4 Å². The molecule has 0 radical (unpaired) electrons. The highest BCUT2D eigenvalue weighted by molar-refractivity contribution is 5.71. The summed E-state index contributed by atoms with van der Waals surface area (Å²) in [6.07, 6.45) is 0. The predicted octanol–water partition coefficient (Wildman–Crippen LogP) is 4.51. The van der Waals surface area contributed by atoms with Crippen molar-refractivity contribution in [3.05, 3.63) is 77.6 Å². The molecule has 0 heterocycles. The van der Waals surface area contributed by atoms with Crippen LogP contribution in [0.15, 0.2) is 54.6 Å². The van der Waals surface area contributed by atoms with Gasteiger partial charge in [0.25, 0.3) is 0 Å². The smallest absolute Gasteiger partial charge is 0.201 e. The summed E-state index contributed by atoms with van der Waals surface area (Å²) in [5, 5.41) is 18.4. The first-order valence-corrected chi connectivity index (χ1v) is 8.64. The van der Waals surface area contributed by atoms with Gasteiger partial charge in [-0.25, -0.2) is 8.78 Å². The molecule has 0 amide bonds. The molecule has 3 aromatic carbocycles. The molecule has 0 aliphatic carbocycles. The molecule has 0 saturated heterocycles. The number of halogens is 3. The van der Waals surface area contributed by atoms with Crippen LogP contribution in [0.1, 0.15) is 11.5 Å². The Kier molecular flexibility index (Phi) is 6.02. The van der Waals surface area contributed by atoms with Crippen LogP contribution >= 0.6 is 0 Å². The lowest BCUT2D eigenvalue weighted by Gasteiger charge is -2.14. The van der Waals surface area contributed by atoms with E-state index in [4.69, 9.17) is 4.74 Å². The van der Waals surface area contributed by atoms with Gasteiger partial charge in [-0.3, -0.25) is 0 Å². The van der Waals surface area contributed by atoms with Gasteiger partial charge in [0.1, 0.15) is 5.82 Å². The largest absolute Gasteiger partial charge is 0.494 e. The molecule has 0 fully saturated rings. The van der Waals surface area contributed by atoms with E-state index in [0.29, 0.717) is 16.7 Å². The summed E-state index contributed by atoms with van der Waals surface area (Å²) in [6, 6.07) is 13.9. The second-order valence-electron chi connectivity index (χ2n) is 6.32. The van der Waals surface area contributed by atoms with Crippen LogP contribution in [0.2, 0.25) is 0 Å². The fourth-order valence-electron chi connectivity index (χ4n) is 3.05. The average Bonchev–Trinajstić information content (AvgIpc) is 2.72. The van der Waals surface area contributed by atoms with Gasteiger partial charge in [0, 0.05) is 11.5 Å². The van der Waals surface area contributed by atoms with E-state index >= 15 is 0 Å². The molecule has 0 aromatic heterocycles. The molecule has 6 heteroatoms. The molecule has 0 aliphatic rings. The minimum Gasteiger partial charge on any atom is -0.494 e. The van der Waals surface area contributed by atoms with Crippen LogP contribution in [0, 0.1) is 17.5 Å². The summed E-state index contributed by atoms with van der Waals surface area (Å²) in [6.45, 7) is -0.711. The molecule has 3 nitrogen and oxygen atoms in total. The van der Waals surface area contributed by atoms with Crippen LogP contribution in [0.4, 0.5) is 13.2 Å². The zero-order chi connectivity index (χ0) is 20.3. The number of benzene rings is 3. The number of hydrogen-bond acceptors (Lipinski definition) is 3. The Morgan fingerprint density at radius 2 is 1.39 bits per heavy atom. The molecular weight excluding hydrogens is 369 g/mol. The van der Waals surface area contributed by atoms with Crippen molar-refractivity contribution in [1.29, 1.82) is 0 Å². The molecule has 0 saturated carbocycles. The second kappa shape index (κ2) is 8.46. The first-order chi connectivity index (χ1) is 13.5. The molecule has 0 bridgehead atoms. The molecular formula is C22H19F3O3. The molecule has 2 N–H and O–H groups in total. The fraction of sp³-hybridized carbons (Fsp3) is 0.182. The third-order valence-electron chi connectivity index (χ3n) is 4.68. The van der Waals surface area contributed by atoms with E-state index in [-0.39, 0.29) is 30.1 Å². The molecule has 28 heavy (non-hydrogen) atoms. The highest BCUT2D eigenvalue weighted by Gasteiger charge is 2.16. The summed E-state index contributed by atoms with van der Waals surface area (Å²) in [5.41, 5.74) is 2.08. The second-order valence-corrected chi connectivity index (χ2v) is 6.32. The van der Waals surface area contributed by atoms with E-state index in [1.807, 2.05) is 0 Å². The Labute approximate surface area is 160 Å². The first kappa shape index (κ1) is 19.9. The van der Waals surface area contributed by atoms with Gasteiger partial charge < -0.3 is 14.9 Å². The number of aliphatic hydroxyl groups is 2. The topological polar surface area (TPSA) is 49.7 Å². The van der Waals surface area contributed by atoms with Gasteiger partial charge in [-0.1, -0.05) is 36.4 Å². The monoisotopic (exact) mass is 388 g/mol. The highest BCUT2D eigenvalue weighted by Crippen LogP contribution is 2.32. The number of hydrogen-bond donors (Lipinski definition) is 2. The number of ether oxygens (including phenoxy) is 1. The predicted molar refractivity (Wildman–Crippen MR) is 101 cm³/mol. The Hall–Kier alpha value is -2.83. The van der Waals surface area contributed by atoms with Gasteiger partial charge in [0.15, 0.2) is 11.6 Å². The van der Waals surface area contributed by atoms with Crippen molar-refractivity contribution >= 4 is 0 Å². The Morgan fingerprint density at radius 3 is 1.96 bits per heavy atom. The molecule has 0 aliphatic heterocycles. The van der Waals surface area contributed by atoms with Crippen molar-refractivity contribution < 1.29 is 28.1 Å². The van der Waals surface area contributed by atoms with Crippen molar-refractivity contribution in [3.8, 4) is 28.0 Å². The van der Waals surface area contributed by atoms with Crippen LogP contribution in [-0.4, -0.2) is 30.5 Å². The van der Waals surface area contributed by atoms with Crippen LogP contribution < -0.4 is 4.74 Å². The van der Waals surface area contributed by atoms with Crippen LogP contribution in [0.25, 0.3) is 22.3 Å². The van der Waals surface area contributed by atoms with Crippen molar-refractivity contribution in [2.24, 2.45) is 0 Å². The lowest BCUT2D eigenvalue weighted by molar-refractivity contribution is 0.190. The lowest BCUT2D eigenvalue weighted by Crippen LogP contribution is -2.10. The lowest BCUT2D eigenvalue weighted by atomic mass is 9.95. The van der Waals surface area contributed by atoms with Gasteiger partial charge in [-0.2, -0.15) is 4.39 Å². The third kappa shape index (κ3) is 3.74. The quantitative estimate of drug-likeness (QED) is 0.653. The highest BCUT2D eigenvalue weighted by atomic mass is 19.2. The molecule has 3 rings (SSSR count). The molecule has 0 unspecified atom stereocenters. The minimum atomic E-state index is -1.05. The van der Waals surface area contributed by atoms with Crippen molar-refractivity contribution in [1.82, 2.24) is 0 Å². The Morgan fingerprint density at radius 1 is 0.786 bits per heavy atom. The van der Waals surface area contributed by atoms with Gasteiger partial charge in [-0.05, 0) is 40.5 Å². The molecule has 0 atom stereocenters. The average molecular weight is 388 g/mol. The molecule has 3 aromatic rings. The summed E-state index contributed by atoms with van der Waals surface area (Å²) < 4.78 is 47.3. The van der Waals surface area contributed by atoms with E-state index in [1.54, 1.807) is 30.3 Å². The van der Waals surface area contributed by atoms with Crippen LogP contribution in [-0.2, 0) is 0 Å². The first-order valence-electron chi connectivity index (χ1n) is 8.64. The SMILES string of the molecule is COc1ccc(-c2ccc(-c3ccc(C(CO)CO)c(F)c3)cc2)c(F)c1F. The Balaban J connectivity index is 1.91. The van der Waals surface area contributed by atoms with Gasteiger partial charge in [0.2, 0.25) is 5.82 Å². The zero-order valence-corrected chi connectivity index (χ0v) is 15.1. The minimum absolute atomic E-state index is 0.0973. The number of aliphatic hydroxyl groups excluding tert-OH is 2. The van der Waals surface area contributed by atoms with Crippen molar-refractivity contribution in [3.63, 3.8) is 0 Å². The van der Waals surface area contributed by atoms with Crippen LogP contribution in [0.3, 0.4) is 0 Å². The van der Waals surface area contributed by atoms with E-state index in [2.05, 4.69) is 0 Å². The maximum Gasteiger partial charge on any atom is 0.201 e. The normalized spacial score (nSPS) is 11.1. The number of rotatable bonds is 6. The standard InChI is InChI=1S/C22H19F3O3/c1-28-20-9-8-18(21(24)22(20)25)14-4-2-13(3-5-14)15-6-7-17(19(23)10-15)16(11-26)12-27/h2-10,16,26-27H,11-12H2,1H3. The number of methoxy groups -OCH3 is 1. The summed E-state index contributed by atoms with van der Waals surface area (Å²) in [7, 11) is 1.26. The third-order valence-corrected chi connectivity index (χ3v) is 4.68. The fourth-order valence-corrected chi connectivity index (χ4v) is 3.05. The van der Waals surface area contributed by atoms with E-state index in [1.165, 1.54) is 31.4 Å². The van der Waals surface area contributed by atoms with E-state index in [9.17, 15) is 23.4 Å². The maximum atomic E-state index is 14.3. The van der Waals surface area contributed by atoms with Crippen LogP contribution in [0.5, 0.6) is 5.75 Å². The van der Waals surface area contributed by atoms with E-state index in [0.717, 1.165) is 0 Å². The molecule has 146 valence electrons. The maximum absolute atomic E-state index is 14.3. The van der Waals surface area contributed by atoms with Gasteiger partial charge >= 0.3 is 0 Å². The van der Waals surface area contributed by atoms with Gasteiger partial charge in [-0.15, -0.1) is 0 Å². The van der Waals surface area contributed by atoms with Crippen molar-refractivity contribution in [2.75, 3.05) is 20.3 Å². The van der Waals surface area contributed by atoms with Gasteiger partial charge in [0.05, 0.1) is 20.3 Å². The zero-order valence-electron chi connectivity index (χ0n) is 15.1. The molecule has 0 spiro atoms. The van der Waals surface area contributed by atoms with Crippen molar-refractivity contribution in [2.45, 2.75) is 5.92 Å². The Bertz CT molecular complexity index is 968. The summed E-state index contributed by atoms with van der Waals surface area (Å²) in [5.74, 6) is -3.43.